The van der Waals surface area contributed by atoms with Gasteiger partial charge in [-0.25, -0.2) is 0 Å². The summed E-state index contributed by atoms with van der Waals surface area (Å²) in [5, 5.41) is 1.48. The van der Waals surface area contributed by atoms with Gasteiger partial charge in [-0.3, -0.25) is 0 Å². The molecule has 0 saturated heterocycles. The van der Waals surface area contributed by atoms with Gasteiger partial charge in [-0.05, 0) is 106 Å². The maximum absolute atomic E-state index is 2.39. The monoisotopic (exact) mass is 712 g/mol. The van der Waals surface area contributed by atoms with Crippen LogP contribution in [0.3, 0.4) is 0 Å². The SMILES string of the molecule is C[Si](C)(C)c1ccc(-c2ccc(N(c3ccccc3)c3ccc(-c4ccc(-c5ccc(N(c6ccccc6)c6ccccc6)cc5)cc4)cc3)cc2)cc1. The summed E-state index contributed by atoms with van der Waals surface area (Å²) in [6.07, 6.45) is 0. The molecule has 0 bridgehead atoms. The van der Waals surface area contributed by atoms with Gasteiger partial charge in [0, 0.05) is 34.1 Å². The normalized spacial score (nSPS) is 11.2. The standard InChI is InChI=1S/C51H44N2Si/c1-54(2,3)51-37-29-44(30-38-51)43-27-35-50(36-28-43)53(47-17-11-6-12-18-47)49-33-25-42(26-34-49)40-21-19-39(20-22-40)41-23-31-48(32-24-41)52(45-13-7-4-8-14-45)46-15-9-5-10-16-46/h4-38H,1-3H3. The molecule has 0 heterocycles. The zero-order chi connectivity index (χ0) is 36.9. The first kappa shape index (κ1) is 34.7. The molecule has 54 heavy (non-hydrogen) atoms. The summed E-state index contributed by atoms with van der Waals surface area (Å²) >= 11 is 0. The minimum Gasteiger partial charge on any atom is -0.311 e. The molecule has 0 amide bonds. The zero-order valence-electron chi connectivity index (χ0n) is 31.1. The highest BCUT2D eigenvalue weighted by Gasteiger charge is 2.17. The van der Waals surface area contributed by atoms with E-state index in [9.17, 15) is 0 Å². The molecule has 8 aromatic carbocycles. The van der Waals surface area contributed by atoms with Crippen LogP contribution in [-0.2, 0) is 0 Å². The van der Waals surface area contributed by atoms with Crippen molar-refractivity contribution in [2.75, 3.05) is 9.80 Å². The molecule has 0 aromatic heterocycles. The highest BCUT2D eigenvalue weighted by molar-refractivity contribution is 6.88. The largest absolute Gasteiger partial charge is 0.311 e. The number of para-hydroxylation sites is 3. The van der Waals surface area contributed by atoms with Crippen molar-refractivity contribution in [1.29, 1.82) is 0 Å². The van der Waals surface area contributed by atoms with Gasteiger partial charge in [-0.1, -0.05) is 164 Å². The van der Waals surface area contributed by atoms with Crippen molar-refractivity contribution in [2.45, 2.75) is 19.6 Å². The van der Waals surface area contributed by atoms with E-state index >= 15 is 0 Å². The van der Waals surface area contributed by atoms with Crippen molar-refractivity contribution in [3.8, 4) is 33.4 Å². The maximum atomic E-state index is 2.39. The van der Waals surface area contributed by atoms with Gasteiger partial charge in [0.15, 0.2) is 0 Å². The third-order valence-electron chi connectivity index (χ3n) is 10.1. The highest BCUT2D eigenvalue weighted by Crippen LogP contribution is 2.38. The Bertz CT molecular complexity index is 2360. The van der Waals surface area contributed by atoms with Crippen LogP contribution in [0.1, 0.15) is 0 Å². The van der Waals surface area contributed by atoms with Crippen LogP contribution in [0, 0.1) is 0 Å². The van der Waals surface area contributed by atoms with Crippen molar-refractivity contribution in [2.24, 2.45) is 0 Å². The van der Waals surface area contributed by atoms with Crippen molar-refractivity contribution in [1.82, 2.24) is 0 Å². The lowest BCUT2D eigenvalue weighted by Gasteiger charge is -2.26. The first-order chi connectivity index (χ1) is 26.4. The topological polar surface area (TPSA) is 6.48 Å². The molecule has 0 spiro atoms. The maximum Gasteiger partial charge on any atom is 0.0775 e. The molecule has 0 radical (unpaired) electrons. The van der Waals surface area contributed by atoms with Crippen molar-refractivity contribution >= 4 is 47.4 Å². The Morgan fingerprint density at radius 1 is 0.241 bits per heavy atom. The summed E-state index contributed by atoms with van der Waals surface area (Å²) in [6.45, 7) is 7.18. The van der Waals surface area contributed by atoms with Crippen LogP contribution >= 0.6 is 0 Å². The molecule has 0 aliphatic rings. The van der Waals surface area contributed by atoms with Gasteiger partial charge in [0.2, 0.25) is 0 Å². The van der Waals surface area contributed by atoms with E-state index in [0.717, 1.165) is 34.1 Å². The molecule has 8 rings (SSSR count). The van der Waals surface area contributed by atoms with Crippen molar-refractivity contribution < 1.29 is 0 Å². The first-order valence-corrected chi connectivity index (χ1v) is 22.2. The summed E-state index contributed by atoms with van der Waals surface area (Å²) in [5.74, 6) is 0. The fourth-order valence-corrected chi connectivity index (χ4v) is 8.22. The number of anilines is 6. The van der Waals surface area contributed by atoms with E-state index in [1.807, 2.05) is 0 Å². The molecule has 0 aliphatic carbocycles. The average molecular weight is 713 g/mol. The summed E-state index contributed by atoms with van der Waals surface area (Å²) in [5.41, 5.74) is 14.0. The van der Waals surface area contributed by atoms with E-state index in [-0.39, 0.29) is 0 Å². The smallest absolute Gasteiger partial charge is 0.0775 e. The number of nitrogens with zero attached hydrogens (tertiary/aromatic N) is 2. The summed E-state index contributed by atoms with van der Waals surface area (Å²) in [6, 6.07) is 76.4. The number of rotatable bonds is 10. The molecule has 0 saturated carbocycles. The summed E-state index contributed by atoms with van der Waals surface area (Å²) < 4.78 is 0. The minimum absolute atomic E-state index is 1.12. The van der Waals surface area contributed by atoms with Gasteiger partial charge in [0.05, 0.1) is 8.07 Å². The van der Waals surface area contributed by atoms with Crippen molar-refractivity contribution in [3.63, 3.8) is 0 Å². The molecule has 0 N–H and O–H groups in total. The average Bonchev–Trinajstić information content (AvgIpc) is 3.23. The van der Waals surface area contributed by atoms with E-state index in [4.69, 9.17) is 0 Å². The Morgan fingerprint density at radius 2 is 0.444 bits per heavy atom. The predicted octanol–water partition coefficient (Wildman–Crippen LogP) is 14.2. The van der Waals surface area contributed by atoms with Gasteiger partial charge in [-0.2, -0.15) is 0 Å². The van der Waals surface area contributed by atoms with E-state index in [1.54, 1.807) is 0 Å². The molecule has 0 atom stereocenters. The van der Waals surface area contributed by atoms with E-state index < -0.39 is 8.07 Å². The lowest BCUT2D eigenvalue weighted by atomic mass is 9.99. The summed E-state index contributed by atoms with van der Waals surface area (Å²) in [7, 11) is -1.33. The first-order valence-electron chi connectivity index (χ1n) is 18.7. The quantitative estimate of drug-likeness (QED) is 0.130. The lowest BCUT2D eigenvalue weighted by molar-refractivity contribution is 1.28. The van der Waals surface area contributed by atoms with E-state index in [2.05, 4.69) is 242 Å². The Hall–Kier alpha value is -6.42. The lowest BCUT2D eigenvalue weighted by Crippen LogP contribution is -2.37. The van der Waals surface area contributed by atoms with Crippen LogP contribution in [0.4, 0.5) is 34.1 Å². The molecule has 0 aliphatic heterocycles. The fraction of sp³-hybridized carbons (Fsp3) is 0.0588. The van der Waals surface area contributed by atoms with Crippen molar-refractivity contribution in [3.05, 3.63) is 212 Å². The van der Waals surface area contributed by atoms with Gasteiger partial charge >= 0.3 is 0 Å². The Balaban J connectivity index is 1.01. The highest BCUT2D eigenvalue weighted by atomic mass is 28.3. The second-order valence-electron chi connectivity index (χ2n) is 14.7. The second-order valence-corrected chi connectivity index (χ2v) is 19.8. The molecule has 3 heteroatoms. The van der Waals surface area contributed by atoms with Crippen LogP contribution in [0.15, 0.2) is 212 Å². The second kappa shape index (κ2) is 15.3. The number of benzene rings is 8. The molecule has 2 nitrogen and oxygen atoms in total. The Labute approximate surface area is 321 Å². The van der Waals surface area contributed by atoms with Gasteiger partial charge in [-0.15, -0.1) is 0 Å². The van der Waals surface area contributed by atoms with Crippen LogP contribution in [-0.4, -0.2) is 8.07 Å². The van der Waals surface area contributed by atoms with Gasteiger partial charge < -0.3 is 9.80 Å². The number of hydrogen-bond donors (Lipinski definition) is 0. The zero-order valence-corrected chi connectivity index (χ0v) is 32.1. The molecule has 8 aromatic rings. The Kier molecular flexibility index (Phi) is 9.80. The predicted molar refractivity (Wildman–Crippen MR) is 235 cm³/mol. The third kappa shape index (κ3) is 7.54. The van der Waals surface area contributed by atoms with Gasteiger partial charge in [0.25, 0.3) is 0 Å². The molecular formula is C51H44N2Si. The van der Waals surface area contributed by atoms with Crippen LogP contribution in [0.25, 0.3) is 33.4 Å². The van der Waals surface area contributed by atoms with Gasteiger partial charge in [0.1, 0.15) is 0 Å². The molecule has 0 fully saturated rings. The molecular weight excluding hydrogens is 669 g/mol. The van der Waals surface area contributed by atoms with E-state index in [1.165, 1.54) is 38.6 Å². The van der Waals surface area contributed by atoms with E-state index in [0.29, 0.717) is 0 Å². The molecule has 0 unspecified atom stereocenters. The molecule has 262 valence electrons. The minimum atomic E-state index is -1.33. The fourth-order valence-electron chi connectivity index (χ4n) is 7.05. The number of hydrogen-bond acceptors (Lipinski definition) is 2. The third-order valence-corrected chi connectivity index (χ3v) is 12.1. The summed E-state index contributed by atoms with van der Waals surface area (Å²) in [4.78, 5) is 4.61. The van der Waals surface area contributed by atoms with Crippen LogP contribution < -0.4 is 15.0 Å². The van der Waals surface area contributed by atoms with Crippen LogP contribution in [0.5, 0.6) is 0 Å². The Morgan fingerprint density at radius 3 is 0.685 bits per heavy atom. The van der Waals surface area contributed by atoms with Crippen LogP contribution in [0.2, 0.25) is 19.6 Å².